The number of rotatable bonds is 3. The third-order valence-corrected chi connectivity index (χ3v) is 3.74. The standard InChI is InChI=1S/C15H24N2O/c1-11-6-7-14(12(2)15(11)18-3)17-13-5-4-9-16-10-8-13/h6-7,13,16-17H,4-5,8-10H2,1-3H3. The summed E-state index contributed by atoms with van der Waals surface area (Å²) in [5.41, 5.74) is 3.63. The van der Waals surface area contributed by atoms with Crippen molar-refractivity contribution >= 4 is 5.69 Å². The number of ether oxygens (including phenoxy) is 1. The first-order valence-electron chi connectivity index (χ1n) is 6.84. The molecular weight excluding hydrogens is 224 g/mol. The van der Waals surface area contributed by atoms with E-state index in [4.69, 9.17) is 4.74 Å². The molecule has 0 aromatic heterocycles. The van der Waals surface area contributed by atoms with Gasteiger partial charge in [-0.25, -0.2) is 0 Å². The Morgan fingerprint density at radius 2 is 2.06 bits per heavy atom. The van der Waals surface area contributed by atoms with Gasteiger partial charge in [0.1, 0.15) is 5.75 Å². The van der Waals surface area contributed by atoms with Crippen molar-refractivity contribution in [3.8, 4) is 5.75 Å². The van der Waals surface area contributed by atoms with Crippen molar-refractivity contribution in [2.75, 3.05) is 25.5 Å². The Morgan fingerprint density at radius 3 is 2.83 bits per heavy atom. The molecule has 1 fully saturated rings. The first-order chi connectivity index (χ1) is 8.72. The van der Waals surface area contributed by atoms with Gasteiger partial charge in [0.25, 0.3) is 0 Å². The van der Waals surface area contributed by atoms with Crippen LogP contribution in [0.25, 0.3) is 0 Å². The summed E-state index contributed by atoms with van der Waals surface area (Å²) in [6.07, 6.45) is 3.68. The molecule has 1 aromatic rings. The van der Waals surface area contributed by atoms with Crippen molar-refractivity contribution in [2.45, 2.75) is 39.2 Å². The minimum absolute atomic E-state index is 0.575. The van der Waals surface area contributed by atoms with Crippen molar-refractivity contribution in [1.29, 1.82) is 0 Å². The summed E-state index contributed by atoms with van der Waals surface area (Å²) in [6.45, 7) is 6.47. The van der Waals surface area contributed by atoms with Crippen LogP contribution >= 0.6 is 0 Å². The molecule has 1 atom stereocenters. The minimum atomic E-state index is 0.575. The number of methoxy groups -OCH3 is 1. The summed E-state index contributed by atoms with van der Waals surface area (Å²) in [5, 5.41) is 7.12. The summed E-state index contributed by atoms with van der Waals surface area (Å²) >= 11 is 0. The predicted molar refractivity (Wildman–Crippen MR) is 76.6 cm³/mol. The average molecular weight is 248 g/mol. The van der Waals surface area contributed by atoms with Gasteiger partial charge in [0.2, 0.25) is 0 Å². The maximum atomic E-state index is 5.48. The zero-order valence-corrected chi connectivity index (χ0v) is 11.7. The molecule has 0 aliphatic carbocycles. The number of hydrogen-bond acceptors (Lipinski definition) is 3. The molecule has 0 saturated carbocycles. The van der Waals surface area contributed by atoms with E-state index >= 15 is 0 Å². The number of nitrogens with one attached hydrogen (secondary N) is 2. The molecule has 1 aromatic carbocycles. The van der Waals surface area contributed by atoms with Crippen molar-refractivity contribution in [2.24, 2.45) is 0 Å². The van der Waals surface area contributed by atoms with Crippen LogP contribution in [0.3, 0.4) is 0 Å². The maximum Gasteiger partial charge on any atom is 0.126 e. The van der Waals surface area contributed by atoms with Gasteiger partial charge < -0.3 is 15.4 Å². The molecule has 18 heavy (non-hydrogen) atoms. The molecule has 1 heterocycles. The lowest BCUT2D eigenvalue weighted by Crippen LogP contribution is -2.22. The smallest absolute Gasteiger partial charge is 0.126 e. The van der Waals surface area contributed by atoms with Gasteiger partial charge in [0, 0.05) is 17.3 Å². The lowest BCUT2D eigenvalue weighted by atomic mass is 10.1. The zero-order valence-electron chi connectivity index (χ0n) is 11.7. The van der Waals surface area contributed by atoms with Gasteiger partial charge in [-0.15, -0.1) is 0 Å². The highest BCUT2D eigenvalue weighted by molar-refractivity contribution is 5.60. The number of aryl methyl sites for hydroxylation is 1. The minimum Gasteiger partial charge on any atom is -0.496 e. The predicted octanol–water partition coefficient (Wildman–Crippen LogP) is 2.87. The largest absolute Gasteiger partial charge is 0.496 e. The molecule has 3 nitrogen and oxygen atoms in total. The molecule has 0 radical (unpaired) electrons. The summed E-state index contributed by atoms with van der Waals surface area (Å²) in [6, 6.07) is 4.88. The van der Waals surface area contributed by atoms with Crippen LogP contribution in [-0.4, -0.2) is 26.2 Å². The van der Waals surface area contributed by atoms with E-state index in [0.717, 1.165) is 18.8 Å². The number of anilines is 1. The van der Waals surface area contributed by atoms with Gasteiger partial charge in [-0.05, 0) is 57.8 Å². The van der Waals surface area contributed by atoms with Gasteiger partial charge in [-0.2, -0.15) is 0 Å². The lowest BCUT2D eigenvalue weighted by molar-refractivity contribution is 0.408. The van der Waals surface area contributed by atoms with Crippen LogP contribution in [0, 0.1) is 13.8 Å². The van der Waals surface area contributed by atoms with Crippen molar-refractivity contribution < 1.29 is 4.74 Å². The van der Waals surface area contributed by atoms with Crippen LogP contribution in [0.1, 0.15) is 30.4 Å². The van der Waals surface area contributed by atoms with E-state index in [-0.39, 0.29) is 0 Å². The van der Waals surface area contributed by atoms with E-state index in [1.165, 1.54) is 36.1 Å². The lowest BCUT2D eigenvalue weighted by Gasteiger charge is -2.21. The molecule has 1 unspecified atom stereocenters. The molecule has 0 amide bonds. The van der Waals surface area contributed by atoms with Crippen LogP contribution in [-0.2, 0) is 0 Å². The Bertz CT molecular complexity index is 396. The van der Waals surface area contributed by atoms with Gasteiger partial charge >= 0.3 is 0 Å². The van der Waals surface area contributed by atoms with Gasteiger partial charge in [-0.3, -0.25) is 0 Å². The normalized spacial score (nSPS) is 20.3. The Balaban J connectivity index is 2.13. The number of hydrogen-bond donors (Lipinski definition) is 2. The first kappa shape index (κ1) is 13.2. The summed E-state index contributed by atoms with van der Waals surface area (Å²) in [7, 11) is 1.74. The summed E-state index contributed by atoms with van der Waals surface area (Å²) in [5.74, 6) is 1.01. The van der Waals surface area contributed by atoms with E-state index in [1.54, 1.807) is 7.11 Å². The number of benzene rings is 1. The second-order valence-electron chi connectivity index (χ2n) is 5.11. The fraction of sp³-hybridized carbons (Fsp3) is 0.600. The topological polar surface area (TPSA) is 33.3 Å². The van der Waals surface area contributed by atoms with Gasteiger partial charge in [0.15, 0.2) is 0 Å². The van der Waals surface area contributed by atoms with E-state index in [9.17, 15) is 0 Å². The first-order valence-corrected chi connectivity index (χ1v) is 6.84. The molecule has 1 aliphatic heterocycles. The monoisotopic (exact) mass is 248 g/mol. The molecule has 1 aliphatic rings. The molecule has 2 rings (SSSR count). The quantitative estimate of drug-likeness (QED) is 0.863. The Hall–Kier alpha value is -1.22. The van der Waals surface area contributed by atoms with Crippen molar-refractivity contribution in [3.05, 3.63) is 23.3 Å². The van der Waals surface area contributed by atoms with Gasteiger partial charge in [0.05, 0.1) is 7.11 Å². The third-order valence-electron chi connectivity index (χ3n) is 3.74. The van der Waals surface area contributed by atoms with Crippen LogP contribution in [0.4, 0.5) is 5.69 Å². The van der Waals surface area contributed by atoms with Crippen molar-refractivity contribution in [3.63, 3.8) is 0 Å². The Kier molecular flexibility index (Phi) is 4.48. The Labute approximate surface area is 110 Å². The SMILES string of the molecule is COc1c(C)ccc(NC2CCCNCC2)c1C. The molecule has 3 heteroatoms. The van der Waals surface area contributed by atoms with E-state index in [2.05, 4.69) is 36.6 Å². The molecule has 1 saturated heterocycles. The molecular formula is C15H24N2O. The zero-order chi connectivity index (χ0) is 13.0. The van der Waals surface area contributed by atoms with Crippen molar-refractivity contribution in [1.82, 2.24) is 5.32 Å². The fourth-order valence-electron chi connectivity index (χ4n) is 2.68. The van der Waals surface area contributed by atoms with E-state index < -0.39 is 0 Å². The fourth-order valence-corrected chi connectivity index (χ4v) is 2.68. The summed E-state index contributed by atoms with van der Waals surface area (Å²) in [4.78, 5) is 0. The van der Waals surface area contributed by atoms with Crippen LogP contribution in [0.2, 0.25) is 0 Å². The molecule has 0 bridgehead atoms. The summed E-state index contributed by atoms with van der Waals surface area (Å²) < 4.78 is 5.48. The third kappa shape index (κ3) is 2.96. The van der Waals surface area contributed by atoms with E-state index in [1.807, 2.05) is 0 Å². The van der Waals surface area contributed by atoms with Crippen LogP contribution in [0.5, 0.6) is 5.75 Å². The maximum absolute atomic E-state index is 5.48. The second-order valence-corrected chi connectivity index (χ2v) is 5.11. The highest BCUT2D eigenvalue weighted by Gasteiger charge is 2.14. The molecule has 0 spiro atoms. The van der Waals surface area contributed by atoms with Crippen LogP contribution < -0.4 is 15.4 Å². The van der Waals surface area contributed by atoms with Gasteiger partial charge in [-0.1, -0.05) is 6.07 Å². The highest BCUT2D eigenvalue weighted by Crippen LogP contribution is 2.30. The highest BCUT2D eigenvalue weighted by atomic mass is 16.5. The second kappa shape index (κ2) is 6.10. The molecule has 100 valence electrons. The average Bonchev–Trinajstić information content (AvgIpc) is 2.62. The van der Waals surface area contributed by atoms with Crippen LogP contribution in [0.15, 0.2) is 12.1 Å². The molecule has 2 N–H and O–H groups in total. The Morgan fingerprint density at radius 1 is 1.22 bits per heavy atom. The van der Waals surface area contributed by atoms with E-state index in [0.29, 0.717) is 6.04 Å².